The van der Waals surface area contributed by atoms with Crippen molar-refractivity contribution in [3.05, 3.63) is 41.9 Å². The van der Waals surface area contributed by atoms with Gasteiger partial charge in [0.1, 0.15) is 23.2 Å². The molecule has 0 saturated carbocycles. The molecule has 0 radical (unpaired) electrons. The van der Waals surface area contributed by atoms with Crippen LogP contribution >= 0.6 is 0 Å². The van der Waals surface area contributed by atoms with Gasteiger partial charge in [-0.15, -0.1) is 0 Å². The van der Waals surface area contributed by atoms with Gasteiger partial charge in [-0.2, -0.15) is 0 Å². The number of aryl methyl sites for hydroxylation is 1. The monoisotopic (exact) mass is 245 g/mol. The Morgan fingerprint density at radius 3 is 2.67 bits per heavy atom. The summed E-state index contributed by atoms with van der Waals surface area (Å²) in [6.07, 6.45) is 0. The fraction of sp³-hybridized carbons (Fsp3) is 0.357. The first kappa shape index (κ1) is 12.5. The van der Waals surface area contributed by atoms with E-state index in [1.807, 2.05) is 37.3 Å². The summed E-state index contributed by atoms with van der Waals surface area (Å²) in [5, 5.41) is 6.52. The van der Waals surface area contributed by atoms with Crippen LogP contribution in [0.25, 0.3) is 0 Å². The molecule has 1 unspecified atom stereocenters. The van der Waals surface area contributed by atoms with E-state index in [1.54, 1.807) is 0 Å². The van der Waals surface area contributed by atoms with Crippen molar-refractivity contribution < 1.29 is 4.42 Å². The third kappa shape index (κ3) is 3.03. The second-order valence-corrected chi connectivity index (χ2v) is 4.25. The first-order valence-electron chi connectivity index (χ1n) is 6.23. The number of rotatable bonds is 5. The second kappa shape index (κ2) is 5.58. The molecule has 0 aliphatic carbocycles. The molecule has 0 spiro atoms. The summed E-state index contributed by atoms with van der Waals surface area (Å²) >= 11 is 0. The lowest BCUT2D eigenvalue weighted by molar-refractivity contribution is 0.466. The van der Waals surface area contributed by atoms with Crippen molar-refractivity contribution in [2.24, 2.45) is 0 Å². The van der Waals surface area contributed by atoms with Crippen molar-refractivity contribution in [2.75, 3.05) is 17.2 Å². The van der Waals surface area contributed by atoms with Gasteiger partial charge < -0.3 is 15.1 Å². The average Bonchev–Trinajstić information content (AvgIpc) is 2.77. The Hall–Kier alpha value is -1.97. The van der Waals surface area contributed by atoms with Gasteiger partial charge in [0.25, 0.3) is 0 Å². The van der Waals surface area contributed by atoms with Crippen molar-refractivity contribution in [3.63, 3.8) is 0 Å². The van der Waals surface area contributed by atoms with Gasteiger partial charge >= 0.3 is 0 Å². The molecule has 2 N–H and O–H groups in total. The smallest absolute Gasteiger partial charge is 0.128 e. The van der Waals surface area contributed by atoms with E-state index in [0.717, 1.165) is 29.7 Å². The van der Waals surface area contributed by atoms with Crippen LogP contribution in [0.15, 0.2) is 34.7 Å². The number of nitrogens with one attached hydrogen (secondary N) is 2. The Morgan fingerprint density at radius 2 is 2.00 bits per heavy atom. The Kier molecular flexibility index (Phi) is 3.87. The van der Waals surface area contributed by atoms with E-state index in [-0.39, 0.29) is 6.04 Å². The highest BCUT2D eigenvalue weighted by Crippen LogP contribution is 2.20. The zero-order chi connectivity index (χ0) is 13.0. The lowest BCUT2D eigenvalue weighted by Gasteiger charge is -2.13. The van der Waals surface area contributed by atoms with Gasteiger partial charge in [0.05, 0.1) is 6.04 Å². The molecule has 4 heteroatoms. The summed E-state index contributed by atoms with van der Waals surface area (Å²) in [4.78, 5) is 4.47. The van der Waals surface area contributed by atoms with Crippen LogP contribution in [0, 0.1) is 6.92 Å². The van der Waals surface area contributed by atoms with Crippen molar-refractivity contribution in [3.8, 4) is 0 Å². The molecule has 0 saturated heterocycles. The van der Waals surface area contributed by atoms with Crippen molar-refractivity contribution >= 4 is 11.6 Å². The maximum absolute atomic E-state index is 5.59. The summed E-state index contributed by atoms with van der Waals surface area (Å²) in [5.74, 6) is 3.57. The lowest BCUT2D eigenvalue weighted by Crippen LogP contribution is -2.08. The maximum atomic E-state index is 5.59. The van der Waals surface area contributed by atoms with Gasteiger partial charge in [-0.3, -0.25) is 0 Å². The summed E-state index contributed by atoms with van der Waals surface area (Å²) in [5.41, 5.74) is 0. The minimum absolute atomic E-state index is 0.100. The van der Waals surface area contributed by atoms with Crippen LogP contribution in [0.4, 0.5) is 11.6 Å². The largest absolute Gasteiger partial charge is 0.464 e. The maximum Gasteiger partial charge on any atom is 0.128 e. The molecular formula is C14H19N3O. The Labute approximate surface area is 107 Å². The zero-order valence-corrected chi connectivity index (χ0v) is 11.0. The highest BCUT2D eigenvalue weighted by Gasteiger charge is 2.09. The first-order chi connectivity index (χ1) is 8.69. The SMILES string of the molecule is CCNc1cccc(NC(C)c2ccc(C)o2)n1. The molecular weight excluding hydrogens is 226 g/mol. The topological polar surface area (TPSA) is 50.1 Å². The van der Waals surface area contributed by atoms with Gasteiger partial charge in [0.15, 0.2) is 0 Å². The van der Waals surface area contributed by atoms with Crippen LogP contribution in [-0.4, -0.2) is 11.5 Å². The Balaban J connectivity index is 2.06. The fourth-order valence-corrected chi connectivity index (χ4v) is 1.77. The summed E-state index contributed by atoms with van der Waals surface area (Å²) in [6, 6.07) is 9.94. The molecule has 0 bridgehead atoms. The zero-order valence-electron chi connectivity index (χ0n) is 11.0. The van der Waals surface area contributed by atoms with Crippen LogP contribution in [-0.2, 0) is 0 Å². The van der Waals surface area contributed by atoms with E-state index < -0.39 is 0 Å². The molecule has 2 aromatic rings. The van der Waals surface area contributed by atoms with Crippen LogP contribution in [0.1, 0.15) is 31.4 Å². The van der Waals surface area contributed by atoms with Gasteiger partial charge in [-0.25, -0.2) is 4.98 Å². The van der Waals surface area contributed by atoms with E-state index in [9.17, 15) is 0 Å². The number of pyridine rings is 1. The fourth-order valence-electron chi connectivity index (χ4n) is 1.77. The van der Waals surface area contributed by atoms with E-state index >= 15 is 0 Å². The first-order valence-corrected chi connectivity index (χ1v) is 6.23. The number of hydrogen-bond acceptors (Lipinski definition) is 4. The van der Waals surface area contributed by atoms with Gasteiger partial charge in [0, 0.05) is 6.54 Å². The molecule has 2 rings (SSSR count). The molecule has 0 fully saturated rings. The van der Waals surface area contributed by atoms with Gasteiger partial charge in [-0.1, -0.05) is 6.07 Å². The molecule has 18 heavy (non-hydrogen) atoms. The van der Waals surface area contributed by atoms with E-state index in [2.05, 4.69) is 29.5 Å². The quantitative estimate of drug-likeness (QED) is 0.845. The molecule has 2 aromatic heterocycles. The Morgan fingerprint density at radius 1 is 1.22 bits per heavy atom. The minimum Gasteiger partial charge on any atom is -0.464 e. The standard InChI is InChI=1S/C14H19N3O/c1-4-15-13-6-5-7-14(17-13)16-11(3)12-9-8-10(2)18-12/h5-9,11H,4H2,1-3H3,(H2,15,16,17). The molecule has 0 aromatic carbocycles. The number of hydrogen-bond donors (Lipinski definition) is 2. The summed E-state index contributed by atoms with van der Waals surface area (Å²) in [6.45, 7) is 6.92. The van der Waals surface area contributed by atoms with Crippen LogP contribution in [0.2, 0.25) is 0 Å². The van der Waals surface area contributed by atoms with Crippen LogP contribution in [0.5, 0.6) is 0 Å². The van der Waals surface area contributed by atoms with Crippen molar-refractivity contribution in [2.45, 2.75) is 26.8 Å². The van der Waals surface area contributed by atoms with Gasteiger partial charge in [0.2, 0.25) is 0 Å². The van der Waals surface area contributed by atoms with Crippen molar-refractivity contribution in [1.82, 2.24) is 4.98 Å². The third-order valence-corrected chi connectivity index (χ3v) is 2.66. The molecule has 0 amide bonds. The normalized spacial score (nSPS) is 12.2. The number of aromatic nitrogens is 1. The van der Waals surface area contributed by atoms with E-state index in [4.69, 9.17) is 4.42 Å². The average molecular weight is 245 g/mol. The van der Waals surface area contributed by atoms with Gasteiger partial charge in [-0.05, 0) is 45.0 Å². The number of anilines is 2. The van der Waals surface area contributed by atoms with E-state index in [0.29, 0.717) is 0 Å². The summed E-state index contributed by atoms with van der Waals surface area (Å²) < 4.78 is 5.59. The van der Waals surface area contributed by atoms with E-state index in [1.165, 1.54) is 0 Å². The summed E-state index contributed by atoms with van der Waals surface area (Å²) in [7, 11) is 0. The highest BCUT2D eigenvalue weighted by molar-refractivity contribution is 5.45. The second-order valence-electron chi connectivity index (χ2n) is 4.25. The highest BCUT2D eigenvalue weighted by atomic mass is 16.3. The predicted molar refractivity (Wildman–Crippen MR) is 73.9 cm³/mol. The van der Waals surface area contributed by atoms with Crippen molar-refractivity contribution in [1.29, 1.82) is 0 Å². The Bertz CT molecular complexity index is 507. The lowest BCUT2D eigenvalue weighted by atomic mass is 10.2. The predicted octanol–water partition coefficient (Wildman–Crippen LogP) is 3.59. The molecule has 96 valence electrons. The van der Waals surface area contributed by atoms with Crippen LogP contribution in [0.3, 0.4) is 0 Å². The molecule has 0 aliphatic heterocycles. The molecule has 4 nitrogen and oxygen atoms in total. The molecule has 0 aliphatic rings. The molecule has 1 atom stereocenters. The minimum atomic E-state index is 0.100. The van der Waals surface area contributed by atoms with Crippen LogP contribution < -0.4 is 10.6 Å². The number of nitrogens with zero attached hydrogens (tertiary/aromatic N) is 1. The molecule has 2 heterocycles. The number of furan rings is 1. The third-order valence-electron chi connectivity index (χ3n) is 2.66.